The average Bonchev–Trinajstić information content (AvgIpc) is 2.97. The summed E-state index contributed by atoms with van der Waals surface area (Å²) in [5, 5.41) is 7.51. The van der Waals surface area contributed by atoms with Crippen molar-refractivity contribution in [2.45, 2.75) is 12.5 Å². The lowest BCUT2D eigenvalue weighted by Gasteiger charge is -2.21. The first-order valence-electron chi connectivity index (χ1n) is 6.63. The molecule has 2 heterocycles. The Kier molecular flexibility index (Phi) is 5.90. The Morgan fingerprint density at radius 3 is 2.86 bits per heavy atom. The van der Waals surface area contributed by atoms with Gasteiger partial charge < -0.3 is 14.6 Å². The third kappa shape index (κ3) is 4.12. The highest BCUT2D eigenvalue weighted by Gasteiger charge is 2.17. The fourth-order valence-corrected chi connectivity index (χ4v) is 3.11. The molecule has 0 bridgehead atoms. The van der Waals surface area contributed by atoms with Crippen LogP contribution in [0.4, 0.5) is 0 Å². The standard InChI is InChI=1S/C14H17N3O2S.ClH/c1-18-12-4-2-10(3-5-12)14-16-13(19-17-14)8-11-9-20-7-6-15-11;/h2-5,11,15H,6-9H2,1H3;1H. The van der Waals surface area contributed by atoms with Gasteiger partial charge in [-0.05, 0) is 24.3 Å². The van der Waals surface area contributed by atoms with Crippen LogP contribution in [0.5, 0.6) is 5.75 Å². The van der Waals surface area contributed by atoms with E-state index in [0.717, 1.165) is 30.0 Å². The maximum absolute atomic E-state index is 5.34. The number of aromatic nitrogens is 2. The van der Waals surface area contributed by atoms with E-state index in [-0.39, 0.29) is 12.4 Å². The predicted molar refractivity (Wildman–Crippen MR) is 86.4 cm³/mol. The third-order valence-electron chi connectivity index (χ3n) is 3.24. The molecule has 7 heteroatoms. The van der Waals surface area contributed by atoms with Crippen molar-refractivity contribution in [2.75, 3.05) is 25.2 Å². The summed E-state index contributed by atoms with van der Waals surface area (Å²) in [6.07, 6.45) is 0.788. The first-order chi connectivity index (χ1) is 9.85. The number of nitrogens with one attached hydrogen (secondary N) is 1. The van der Waals surface area contributed by atoms with Gasteiger partial charge in [-0.1, -0.05) is 5.16 Å². The van der Waals surface area contributed by atoms with Gasteiger partial charge in [0.05, 0.1) is 7.11 Å². The summed E-state index contributed by atoms with van der Waals surface area (Å²) < 4.78 is 10.5. The van der Waals surface area contributed by atoms with Crippen LogP contribution in [-0.2, 0) is 6.42 Å². The molecule has 0 spiro atoms. The number of hydrogen-bond donors (Lipinski definition) is 1. The number of halogens is 1. The Labute approximate surface area is 134 Å². The lowest BCUT2D eigenvalue weighted by Crippen LogP contribution is -2.38. The second-order valence-corrected chi connectivity index (χ2v) is 5.82. The quantitative estimate of drug-likeness (QED) is 0.930. The highest BCUT2D eigenvalue weighted by Crippen LogP contribution is 2.20. The van der Waals surface area contributed by atoms with Crippen molar-refractivity contribution in [3.63, 3.8) is 0 Å². The van der Waals surface area contributed by atoms with Crippen molar-refractivity contribution in [3.05, 3.63) is 30.2 Å². The largest absolute Gasteiger partial charge is 0.497 e. The summed E-state index contributed by atoms with van der Waals surface area (Å²) in [6, 6.07) is 8.08. The second kappa shape index (κ2) is 7.68. The molecule has 114 valence electrons. The zero-order chi connectivity index (χ0) is 13.8. The highest BCUT2D eigenvalue weighted by molar-refractivity contribution is 7.99. The van der Waals surface area contributed by atoms with Crippen LogP contribution in [-0.4, -0.2) is 41.3 Å². The Morgan fingerprint density at radius 2 is 2.19 bits per heavy atom. The van der Waals surface area contributed by atoms with Gasteiger partial charge in [0.25, 0.3) is 0 Å². The Morgan fingerprint density at radius 1 is 1.38 bits per heavy atom. The number of nitrogens with zero attached hydrogens (tertiary/aromatic N) is 2. The van der Waals surface area contributed by atoms with Crippen LogP contribution in [0.3, 0.4) is 0 Å². The zero-order valence-corrected chi connectivity index (χ0v) is 13.4. The second-order valence-electron chi connectivity index (χ2n) is 4.67. The van der Waals surface area contributed by atoms with Gasteiger partial charge in [-0.3, -0.25) is 0 Å². The number of benzene rings is 1. The molecule has 1 atom stereocenters. The summed E-state index contributed by atoms with van der Waals surface area (Å²) in [5.41, 5.74) is 0.937. The molecule has 0 saturated carbocycles. The molecule has 0 aliphatic carbocycles. The molecular formula is C14H18ClN3O2S. The molecule has 1 fully saturated rings. The number of rotatable bonds is 4. The lowest BCUT2D eigenvalue weighted by molar-refractivity contribution is 0.363. The summed E-state index contributed by atoms with van der Waals surface area (Å²) >= 11 is 1.96. The van der Waals surface area contributed by atoms with Crippen LogP contribution in [0.15, 0.2) is 28.8 Å². The van der Waals surface area contributed by atoms with Crippen LogP contribution in [0, 0.1) is 0 Å². The molecule has 1 aliphatic heterocycles. The van der Waals surface area contributed by atoms with Gasteiger partial charge >= 0.3 is 0 Å². The van der Waals surface area contributed by atoms with Crippen LogP contribution < -0.4 is 10.1 Å². The third-order valence-corrected chi connectivity index (χ3v) is 4.37. The molecule has 1 aromatic carbocycles. The number of methoxy groups -OCH3 is 1. The maximum Gasteiger partial charge on any atom is 0.228 e. The van der Waals surface area contributed by atoms with E-state index in [1.54, 1.807) is 7.11 Å². The average molecular weight is 328 g/mol. The monoisotopic (exact) mass is 327 g/mol. The van der Waals surface area contributed by atoms with Crippen LogP contribution in [0.1, 0.15) is 5.89 Å². The Hall–Kier alpha value is -1.24. The van der Waals surface area contributed by atoms with Gasteiger partial charge in [0.15, 0.2) is 0 Å². The molecule has 0 radical (unpaired) electrons. The van der Waals surface area contributed by atoms with Crippen LogP contribution in [0.25, 0.3) is 11.4 Å². The van der Waals surface area contributed by atoms with Gasteiger partial charge in [0, 0.05) is 36.1 Å². The number of thioether (sulfide) groups is 1. The topological polar surface area (TPSA) is 60.2 Å². The first kappa shape index (κ1) is 16.1. The maximum atomic E-state index is 5.34. The predicted octanol–water partition coefficient (Wildman–Crippen LogP) is 2.41. The fourth-order valence-electron chi connectivity index (χ4n) is 2.16. The lowest BCUT2D eigenvalue weighted by atomic mass is 10.2. The minimum Gasteiger partial charge on any atom is -0.497 e. The molecular weight excluding hydrogens is 310 g/mol. The minimum absolute atomic E-state index is 0. The Bertz CT molecular complexity index is 556. The van der Waals surface area contributed by atoms with E-state index in [2.05, 4.69) is 15.5 Å². The molecule has 1 aromatic heterocycles. The summed E-state index contributed by atoms with van der Waals surface area (Å²) in [7, 11) is 1.65. The number of ether oxygens (including phenoxy) is 1. The summed E-state index contributed by atoms with van der Waals surface area (Å²) in [5.74, 6) is 4.42. The van der Waals surface area contributed by atoms with E-state index in [1.165, 1.54) is 5.75 Å². The van der Waals surface area contributed by atoms with Crippen molar-refractivity contribution >= 4 is 24.2 Å². The molecule has 1 unspecified atom stereocenters. The van der Waals surface area contributed by atoms with Gasteiger partial charge in [-0.2, -0.15) is 16.7 Å². The van der Waals surface area contributed by atoms with Crippen LogP contribution >= 0.6 is 24.2 Å². The van der Waals surface area contributed by atoms with Crippen molar-refractivity contribution < 1.29 is 9.26 Å². The van der Waals surface area contributed by atoms with E-state index in [9.17, 15) is 0 Å². The van der Waals surface area contributed by atoms with E-state index in [4.69, 9.17) is 9.26 Å². The molecule has 21 heavy (non-hydrogen) atoms. The molecule has 0 amide bonds. The van der Waals surface area contributed by atoms with Gasteiger partial charge in [-0.25, -0.2) is 0 Å². The van der Waals surface area contributed by atoms with E-state index >= 15 is 0 Å². The normalized spacial score (nSPS) is 18.0. The molecule has 1 saturated heterocycles. The van der Waals surface area contributed by atoms with Crippen molar-refractivity contribution in [1.29, 1.82) is 0 Å². The van der Waals surface area contributed by atoms with Gasteiger partial charge in [-0.15, -0.1) is 12.4 Å². The molecule has 1 N–H and O–H groups in total. The summed E-state index contributed by atoms with van der Waals surface area (Å²) in [4.78, 5) is 4.46. The first-order valence-corrected chi connectivity index (χ1v) is 7.79. The fraction of sp³-hybridized carbons (Fsp3) is 0.429. The zero-order valence-electron chi connectivity index (χ0n) is 11.7. The van der Waals surface area contributed by atoms with Gasteiger partial charge in [0.1, 0.15) is 5.75 Å². The van der Waals surface area contributed by atoms with Crippen molar-refractivity contribution in [1.82, 2.24) is 15.5 Å². The summed E-state index contributed by atoms with van der Waals surface area (Å²) in [6.45, 7) is 1.05. The van der Waals surface area contributed by atoms with E-state index in [0.29, 0.717) is 17.8 Å². The van der Waals surface area contributed by atoms with E-state index < -0.39 is 0 Å². The molecule has 5 nitrogen and oxygen atoms in total. The molecule has 3 rings (SSSR count). The molecule has 2 aromatic rings. The smallest absolute Gasteiger partial charge is 0.228 e. The van der Waals surface area contributed by atoms with Crippen LogP contribution in [0.2, 0.25) is 0 Å². The van der Waals surface area contributed by atoms with Crippen molar-refractivity contribution in [2.24, 2.45) is 0 Å². The Balaban J connectivity index is 0.00000161. The van der Waals surface area contributed by atoms with E-state index in [1.807, 2.05) is 36.0 Å². The highest BCUT2D eigenvalue weighted by atomic mass is 35.5. The SMILES string of the molecule is COc1ccc(-c2noc(CC3CSCCN3)n2)cc1.Cl. The minimum atomic E-state index is 0. The number of hydrogen-bond acceptors (Lipinski definition) is 6. The van der Waals surface area contributed by atoms with Gasteiger partial charge in [0.2, 0.25) is 11.7 Å². The molecule has 1 aliphatic rings. The van der Waals surface area contributed by atoms with Crippen molar-refractivity contribution in [3.8, 4) is 17.1 Å².